The SMILES string of the molecule is COc1ccc(CCN2C(=O)C[C@H]3[C@H](CNS(=O)(=O)Cc4ccccc4)[C@@H](C)C[C@H]32)cc1. The quantitative estimate of drug-likeness (QED) is 0.629. The average Bonchev–Trinajstić information content (AvgIpc) is 3.24. The fourth-order valence-corrected chi connectivity index (χ4v) is 6.52. The Morgan fingerprint density at radius 2 is 1.78 bits per heavy atom. The number of carbonyl (C=O) groups excluding carboxylic acids is 1. The van der Waals surface area contributed by atoms with E-state index < -0.39 is 10.0 Å². The lowest BCUT2D eigenvalue weighted by Crippen LogP contribution is -2.36. The van der Waals surface area contributed by atoms with Gasteiger partial charge in [-0.1, -0.05) is 49.4 Å². The number of hydrogen-bond donors (Lipinski definition) is 1. The molecule has 2 aromatic carbocycles. The van der Waals surface area contributed by atoms with E-state index in [0.29, 0.717) is 25.4 Å². The molecule has 1 saturated heterocycles. The van der Waals surface area contributed by atoms with Crippen molar-refractivity contribution in [2.24, 2.45) is 17.8 Å². The number of benzene rings is 2. The molecular formula is C25H32N2O4S. The maximum Gasteiger partial charge on any atom is 0.223 e. The van der Waals surface area contributed by atoms with Gasteiger partial charge in [-0.05, 0) is 53.9 Å². The Bertz CT molecular complexity index is 1020. The monoisotopic (exact) mass is 456 g/mol. The highest BCUT2D eigenvalue weighted by Gasteiger charge is 2.50. The fraction of sp³-hybridized carbons (Fsp3) is 0.480. The number of amides is 1. The van der Waals surface area contributed by atoms with Crippen LogP contribution in [-0.4, -0.2) is 45.5 Å². The van der Waals surface area contributed by atoms with Gasteiger partial charge in [0.2, 0.25) is 15.9 Å². The second-order valence-electron chi connectivity index (χ2n) is 9.09. The van der Waals surface area contributed by atoms with Gasteiger partial charge in [0.05, 0.1) is 12.9 Å². The summed E-state index contributed by atoms with van der Waals surface area (Å²) in [4.78, 5) is 14.8. The van der Waals surface area contributed by atoms with Crippen LogP contribution in [0, 0.1) is 17.8 Å². The Kier molecular flexibility index (Phi) is 6.86. The minimum absolute atomic E-state index is 0.0179. The zero-order chi connectivity index (χ0) is 22.7. The Morgan fingerprint density at radius 3 is 2.47 bits per heavy atom. The summed E-state index contributed by atoms with van der Waals surface area (Å²) in [6.07, 6.45) is 2.26. The van der Waals surface area contributed by atoms with Crippen LogP contribution in [-0.2, 0) is 27.0 Å². The van der Waals surface area contributed by atoms with Gasteiger partial charge in [0.25, 0.3) is 0 Å². The van der Waals surface area contributed by atoms with Gasteiger partial charge in [0.15, 0.2) is 0 Å². The lowest BCUT2D eigenvalue weighted by molar-refractivity contribution is -0.129. The van der Waals surface area contributed by atoms with Crippen LogP contribution in [0.25, 0.3) is 0 Å². The molecule has 4 rings (SSSR count). The number of sulfonamides is 1. The normalized spacial score (nSPS) is 25.2. The molecule has 0 spiro atoms. The average molecular weight is 457 g/mol. The van der Waals surface area contributed by atoms with Crippen molar-refractivity contribution in [2.45, 2.75) is 38.0 Å². The number of fused-ring (bicyclic) bond motifs is 1. The minimum atomic E-state index is -3.41. The molecule has 32 heavy (non-hydrogen) atoms. The molecular weight excluding hydrogens is 424 g/mol. The van der Waals surface area contributed by atoms with Gasteiger partial charge in [-0.3, -0.25) is 4.79 Å². The number of methoxy groups -OCH3 is 1. The van der Waals surface area contributed by atoms with Crippen molar-refractivity contribution in [1.82, 2.24) is 9.62 Å². The maximum atomic E-state index is 12.8. The number of rotatable bonds is 9. The number of nitrogens with one attached hydrogen (secondary N) is 1. The van der Waals surface area contributed by atoms with Gasteiger partial charge in [-0.25, -0.2) is 13.1 Å². The molecule has 1 aliphatic heterocycles. The summed E-state index contributed by atoms with van der Waals surface area (Å²) in [5, 5.41) is 0. The number of hydrogen-bond acceptors (Lipinski definition) is 4. The van der Waals surface area contributed by atoms with Gasteiger partial charge >= 0.3 is 0 Å². The third kappa shape index (κ3) is 5.15. The van der Waals surface area contributed by atoms with E-state index in [2.05, 4.69) is 11.6 Å². The fourth-order valence-electron chi connectivity index (χ4n) is 5.34. The molecule has 172 valence electrons. The van der Waals surface area contributed by atoms with Gasteiger partial charge in [0, 0.05) is 25.6 Å². The van der Waals surface area contributed by atoms with Crippen molar-refractivity contribution in [2.75, 3.05) is 20.2 Å². The van der Waals surface area contributed by atoms with E-state index in [0.717, 1.165) is 24.2 Å². The van der Waals surface area contributed by atoms with Gasteiger partial charge < -0.3 is 9.64 Å². The third-order valence-corrected chi connectivity index (χ3v) is 8.38. The smallest absolute Gasteiger partial charge is 0.223 e. The summed E-state index contributed by atoms with van der Waals surface area (Å²) in [6, 6.07) is 17.4. The molecule has 2 aliphatic rings. The number of carbonyl (C=O) groups is 1. The summed E-state index contributed by atoms with van der Waals surface area (Å²) >= 11 is 0. The van der Waals surface area contributed by atoms with E-state index >= 15 is 0 Å². The first-order valence-corrected chi connectivity index (χ1v) is 12.9. The van der Waals surface area contributed by atoms with Crippen LogP contribution < -0.4 is 9.46 Å². The molecule has 1 heterocycles. The molecule has 1 amide bonds. The lowest BCUT2D eigenvalue weighted by Gasteiger charge is -2.24. The number of likely N-dealkylation sites (tertiary alicyclic amines) is 1. The Morgan fingerprint density at radius 1 is 1.06 bits per heavy atom. The van der Waals surface area contributed by atoms with Crippen molar-refractivity contribution >= 4 is 15.9 Å². The molecule has 2 aromatic rings. The predicted octanol–water partition coefficient (Wildman–Crippen LogP) is 3.23. The predicted molar refractivity (Wildman–Crippen MR) is 125 cm³/mol. The first kappa shape index (κ1) is 22.8. The second kappa shape index (κ2) is 9.63. The number of ether oxygens (including phenoxy) is 1. The highest BCUT2D eigenvalue weighted by Crippen LogP contribution is 2.45. The van der Waals surface area contributed by atoms with Gasteiger partial charge in [-0.15, -0.1) is 0 Å². The molecule has 1 saturated carbocycles. The minimum Gasteiger partial charge on any atom is -0.497 e. The van der Waals surface area contributed by atoms with E-state index in [-0.39, 0.29) is 29.5 Å². The molecule has 7 heteroatoms. The molecule has 2 fully saturated rings. The van der Waals surface area contributed by atoms with Gasteiger partial charge in [0.1, 0.15) is 5.75 Å². The van der Waals surface area contributed by atoms with Crippen LogP contribution in [0.4, 0.5) is 0 Å². The van der Waals surface area contributed by atoms with E-state index in [9.17, 15) is 13.2 Å². The Labute approximate surface area is 191 Å². The third-order valence-electron chi connectivity index (χ3n) is 7.06. The first-order chi connectivity index (χ1) is 15.4. The van der Waals surface area contributed by atoms with Gasteiger partial charge in [-0.2, -0.15) is 0 Å². The molecule has 0 radical (unpaired) electrons. The van der Waals surface area contributed by atoms with E-state index in [1.807, 2.05) is 59.5 Å². The molecule has 0 unspecified atom stereocenters. The van der Waals surface area contributed by atoms with Crippen molar-refractivity contribution in [3.05, 3.63) is 65.7 Å². The van der Waals surface area contributed by atoms with Crippen LogP contribution in [0.1, 0.15) is 30.9 Å². The molecule has 0 bridgehead atoms. The number of nitrogens with zero attached hydrogens (tertiary/aromatic N) is 1. The lowest BCUT2D eigenvalue weighted by atomic mass is 9.89. The van der Waals surface area contributed by atoms with Crippen LogP contribution in [0.2, 0.25) is 0 Å². The van der Waals surface area contributed by atoms with Crippen LogP contribution in [0.3, 0.4) is 0 Å². The second-order valence-corrected chi connectivity index (χ2v) is 10.9. The standard InChI is InChI=1S/C25H32N2O4S/c1-18-14-24-22(23(18)16-26-32(29,30)17-20-6-4-3-5-7-20)15-25(28)27(24)13-12-19-8-10-21(31-2)11-9-19/h3-11,18,22-24,26H,12-17H2,1-2H3/t18-,22-,23+,24+/m0/s1. The van der Waals surface area contributed by atoms with Crippen molar-refractivity contribution in [3.8, 4) is 5.75 Å². The van der Waals surface area contributed by atoms with E-state index in [4.69, 9.17) is 4.74 Å². The van der Waals surface area contributed by atoms with Crippen molar-refractivity contribution in [3.63, 3.8) is 0 Å². The van der Waals surface area contributed by atoms with Crippen LogP contribution in [0.15, 0.2) is 54.6 Å². The summed E-state index contributed by atoms with van der Waals surface area (Å²) in [7, 11) is -1.76. The van der Waals surface area contributed by atoms with Crippen molar-refractivity contribution < 1.29 is 17.9 Å². The summed E-state index contributed by atoms with van der Waals surface area (Å²) in [6.45, 7) is 3.28. The zero-order valence-corrected chi connectivity index (χ0v) is 19.6. The Balaban J connectivity index is 1.35. The summed E-state index contributed by atoms with van der Waals surface area (Å²) in [5.41, 5.74) is 1.96. The van der Waals surface area contributed by atoms with Crippen LogP contribution in [0.5, 0.6) is 5.75 Å². The zero-order valence-electron chi connectivity index (χ0n) is 18.7. The highest BCUT2D eigenvalue weighted by molar-refractivity contribution is 7.88. The molecule has 1 aliphatic carbocycles. The largest absolute Gasteiger partial charge is 0.497 e. The first-order valence-electron chi connectivity index (χ1n) is 11.3. The Hall–Kier alpha value is -2.38. The van der Waals surface area contributed by atoms with E-state index in [1.165, 1.54) is 5.56 Å². The topological polar surface area (TPSA) is 75.7 Å². The summed E-state index contributed by atoms with van der Waals surface area (Å²) < 4.78 is 33.2. The highest BCUT2D eigenvalue weighted by atomic mass is 32.2. The molecule has 1 N–H and O–H groups in total. The van der Waals surface area contributed by atoms with E-state index in [1.54, 1.807) is 7.11 Å². The summed E-state index contributed by atoms with van der Waals surface area (Å²) in [5.74, 6) is 1.77. The molecule has 4 atom stereocenters. The molecule has 6 nitrogen and oxygen atoms in total. The maximum absolute atomic E-state index is 12.8. The molecule has 0 aromatic heterocycles. The van der Waals surface area contributed by atoms with Crippen LogP contribution >= 0.6 is 0 Å². The van der Waals surface area contributed by atoms with Crippen molar-refractivity contribution in [1.29, 1.82) is 0 Å².